The molecule has 3 nitrogen and oxygen atoms in total. The van der Waals surface area contributed by atoms with E-state index in [1.807, 2.05) is 0 Å². The van der Waals surface area contributed by atoms with E-state index < -0.39 is 29.6 Å². The molecule has 7 heteroatoms. The third kappa shape index (κ3) is 3.47. The maximum Gasteiger partial charge on any atom is 0.416 e. The van der Waals surface area contributed by atoms with Crippen LogP contribution in [-0.4, -0.2) is 19.1 Å². The number of esters is 1. The molecule has 0 bridgehead atoms. The van der Waals surface area contributed by atoms with Crippen LogP contribution in [0.4, 0.5) is 17.6 Å². The van der Waals surface area contributed by atoms with Crippen LogP contribution in [0.3, 0.4) is 0 Å². The van der Waals surface area contributed by atoms with E-state index in [0.29, 0.717) is 6.07 Å². The molecular weight excluding hydrogens is 278 g/mol. The van der Waals surface area contributed by atoms with Crippen LogP contribution in [0.15, 0.2) is 18.2 Å². The van der Waals surface area contributed by atoms with Crippen molar-refractivity contribution in [1.29, 1.82) is 0 Å². The van der Waals surface area contributed by atoms with Crippen LogP contribution in [-0.2, 0) is 15.7 Å². The maximum atomic E-state index is 13.4. The fourth-order valence-corrected chi connectivity index (χ4v) is 1.85. The number of carbonyl (C=O) groups excluding carboxylic acids is 1. The van der Waals surface area contributed by atoms with E-state index in [-0.39, 0.29) is 11.6 Å². The van der Waals surface area contributed by atoms with Gasteiger partial charge in [0.1, 0.15) is 11.9 Å². The van der Waals surface area contributed by atoms with Crippen molar-refractivity contribution >= 4 is 5.97 Å². The summed E-state index contributed by atoms with van der Waals surface area (Å²) in [5.41, 5.74) is -1.21. The topological polar surface area (TPSA) is 38.3 Å². The highest BCUT2D eigenvalue weighted by molar-refractivity contribution is 5.77. The van der Waals surface area contributed by atoms with Crippen molar-refractivity contribution in [2.24, 2.45) is 0 Å². The van der Waals surface area contributed by atoms with Crippen LogP contribution < -0.4 is 5.32 Å². The van der Waals surface area contributed by atoms with Crippen molar-refractivity contribution in [3.63, 3.8) is 0 Å². The second-order valence-corrected chi connectivity index (χ2v) is 4.67. The Morgan fingerprint density at radius 2 is 2.00 bits per heavy atom. The highest BCUT2D eigenvalue weighted by Gasteiger charge is 2.35. The molecule has 1 atom stereocenters. The maximum absolute atomic E-state index is 13.4. The van der Waals surface area contributed by atoms with Crippen LogP contribution in [0, 0.1) is 5.82 Å². The number of ether oxygens (including phenoxy) is 1. The highest BCUT2D eigenvalue weighted by atomic mass is 19.4. The Morgan fingerprint density at radius 1 is 1.35 bits per heavy atom. The average Bonchev–Trinajstić information content (AvgIpc) is 3.17. The summed E-state index contributed by atoms with van der Waals surface area (Å²) in [6.07, 6.45) is -3.01. The largest absolute Gasteiger partial charge is 0.468 e. The summed E-state index contributed by atoms with van der Waals surface area (Å²) in [4.78, 5) is 11.7. The van der Waals surface area contributed by atoms with Gasteiger partial charge in [0.15, 0.2) is 0 Å². The molecule has 0 heterocycles. The molecule has 1 aromatic rings. The fourth-order valence-electron chi connectivity index (χ4n) is 1.85. The van der Waals surface area contributed by atoms with Gasteiger partial charge in [-0.2, -0.15) is 13.2 Å². The minimum absolute atomic E-state index is 0.0525. The Labute approximate surface area is 112 Å². The predicted molar refractivity (Wildman–Crippen MR) is 62.3 cm³/mol. The Morgan fingerprint density at radius 3 is 2.50 bits per heavy atom. The van der Waals surface area contributed by atoms with Gasteiger partial charge in [0.25, 0.3) is 0 Å². The number of carbonyl (C=O) groups is 1. The number of rotatable bonds is 4. The monoisotopic (exact) mass is 291 g/mol. The summed E-state index contributed by atoms with van der Waals surface area (Å²) in [6.45, 7) is 0. The first-order valence-corrected chi connectivity index (χ1v) is 6.03. The van der Waals surface area contributed by atoms with Crippen molar-refractivity contribution < 1.29 is 27.1 Å². The van der Waals surface area contributed by atoms with Crippen molar-refractivity contribution in [3.05, 3.63) is 35.1 Å². The number of methoxy groups -OCH3 is 1. The van der Waals surface area contributed by atoms with Crippen molar-refractivity contribution in [1.82, 2.24) is 5.32 Å². The number of hydrogen-bond acceptors (Lipinski definition) is 3. The van der Waals surface area contributed by atoms with E-state index in [1.54, 1.807) is 0 Å². The van der Waals surface area contributed by atoms with Gasteiger partial charge in [-0.15, -0.1) is 0 Å². The van der Waals surface area contributed by atoms with Gasteiger partial charge in [0, 0.05) is 6.04 Å². The molecule has 0 amide bonds. The zero-order valence-corrected chi connectivity index (χ0v) is 10.6. The molecular formula is C13H13F4NO2. The standard InChI is InChI=1S/C13H13F4NO2/c1-20-12(19)11(18-10-2-3-10)7-4-8(13(15,16)17)6-9(14)5-7/h4-6,10-11,18H,2-3H2,1H3. The molecule has 0 aliphatic heterocycles. The summed E-state index contributed by atoms with van der Waals surface area (Å²) in [7, 11) is 1.13. The van der Waals surface area contributed by atoms with Gasteiger partial charge in [-0.25, -0.2) is 9.18 Å². The lowest BCUT2D eigenvalue weighted by Gasteiger charge is -2.18. The molecule has 110 valence electrons. The van der Waals surface area contributed by atoms with E-state index in [0.717, 1.165) is 32.1 Å². The highest BCUT2D eigenvalue weighted by Crippen LogP contribution is 2.33. The number of nitrogens with one attached hydrogen (secondary N) is 1. The second kappa shape index (κ2) is 5.40. The smallest absolute Gasteiger partial charge is 0.416 e. The van der Waals surface area contributed by atoms with Crippen LogP contribution in [0.1, 0.15) is 30.0 Å². The van der Waals surface area contributed by atoms with Crippen LogP contribution in [0.2, 0.25) is 0 Å². The van der Waals surface area contributed by atoms with E-state index >= 15 is 0 Å². The fraction of sp³-hybridized carbons (Fsp3) is 0.462. The van der Waals surface area contributed by atoms with Crippen LogP contribution in [0.25, 0.3) is 0 Å². The Hall–Kier alpha value is -1.63. The zero-order chi connectivity index (χ0) is 14.9. The van der Waals surface area contributed by atoms with Gasteiger partial charge in [-0.3, -0.25) is 5.32 Å². The molecule has 0 aromatic heterocycles. The number of hydrogen-bond donors (Lipinski definition) is 1. The Balaban J connectivity index is 2.36. The van der Waals surface area contributed by atoms with Crippen molar-refractivity contribution in [2.45, 2.75) is 31.1 Å². The molecule has 1 aliphatic carbocycles. The second-order valence-electron chi connectivity index (χ2n) is 4.67. The first-order valence-electron chi connectivity index (χ1n) is 6.03. The van der Waals surface area contributed by atoms with Crippen molar-refractivity contribution in [2.75, 3.05) is 7.11 Å². The molecule has 0 radical (unpaired) electrons. The lowest BCUT2D eigenvalue weighted by atomic mass is 10.0. The molecule has 1 aliphatic rings. The lowest BCUT2D eigenvalue weighted by molar-refractivity contribution is -0.144. The molecule has 1 saturated carbocycles. The van der Waals surface area contributed by atoms with E-state index in [2.05, 4.69) is 10.1 Å². The SMILES string of the molecule is COC(=O)C(NC1CC1)c1cc(F)cc(C(F)(F)F)c1. The van der Waals surface area contributed by atoms with Gasteiger partial charge in [0.05, 0.1) is 12.7 Å². The summed E-state index contributed by atoms with van der Waals surface area (Å²) < 4.78 is 55.9. The average molecular weight is 291 g/mol. The first-order chi connectivity index (χ1) is 9.31. The normalized spacial score (nSPS) is 16.9. The van der Waals surface area contributed by atoms with E-state index in [1.165, 1.54) is 0 Å². The van der Waals surface area contributed by atoms with E-state index in [4.69, 9.17) is 0 Å². The summed E-state index contributed by atoms with van der Waals surface area (Å²) >= 11 is 0. The predicted octanol–water partition coefficient (Wildman–Crippen LogP) is 2.81. The molecule has 20 heavy (non-hydrogen) atoms. The van der Waals surface area contributed by atoms with Gasteiger partial charge >= 0.3 is 12.1 Å². The molecule has 0 saturated heterocycles. The van der Waals surface area contributed by atoms with Gasteiger partial charge in [-0.05, 0) is 36.6 Å². The van der Waals surface area contributed by atoms with Gasteiger partial charge in [0.2, 0.25) is 0 Å². The number of alkyl halides is 3. The summed E-state index contributed by atoms with van der Waals surface area (Å²) in [6, 6.07) is 1.03. The molecule has 0 spiro atoms. The first kappa shape index (κ1) is 14.8. The quantitative estimate of drug-likeness (QED) is 0.685. The molecule has 1 N–H and O–H groups in total. The van der Waals surface area contributed by atoms with Crippen molar-refractivity contribution in [3.8, 4) is 0 Å². The summed E-state index contributed by atoms with van der Waals surface area (Å²) in [5.74, 6) is -1.78. The number of benzene rings is 1. The van der Waals surface area contributed by atoms with Crippen LogP contribution in [0.5, 0.6) is 0 Å². The zero-order valence-electron chi connectivity index (χ0n) is 10.6. The lowest BCUT2D eigenvalue weighted by Crippen LogP contribution is -2.31. The van der Waals surface area contributed by atoms with Crippen LogP contribution >= 0.6 is 0 Å². The Kier molecular flexibility index (Phi) is 3.99. The third-order valence-corrected chi connectivity index (χ3v) is 3.00. The summed E-state index contributed by atoms with van der Waals surface area (Å²) in [5, 5.41) is 2.86. The molecule has 1 aromatic carbocycles. The minimum Gasteiger partial charge on any atom is -0.468 e. The minimum atomic E-state index is -4.67. The molecule has 2 rings (SSSR count). The molecule has 1 fully saturated rings. The molecule has 1 unspecified atom stereocenters. The van der Waals surface area contributed by atoms with Gasteiger partial charge < -0.3 is 4.74 Å². The third-order valence-electron chi connectivity index (χ3n) is 3.00. The number of halogens is 4. The van der Waals surface area contributed by atoms with E-state index in [9.17, 15) is 22.4 Å². The Bertz CT molecular complexity index is 512. The van der Waals surface area contributed by atoms with Gasteiger partial charge in [-0.1, -0.05) is 0 Å².